The summed E-state index contributed by atoms with van der Waals surface area (Å²) in [4.78, 5) is 2.27. The van der Waals surface area contributed by atoms with Gasteiger partial charge in [-0.05, 0) is 18.6 Å². The molecule has 0 radical (unpaired) electrons. The molecular formula is C13H20N2O2. The second-order valence-electron chi connectivity index (χ2n) is 4.27. The SMILES string of the molecule is CCC1CN(c2cc(OC)ccc2N)CCO1. The molecule has 0 saturated carbocycles. The van der Waals surface area contributed by atoms with E-state index < -0.39 is 0 Å². The van der Waals surface area contributed by atoms with Crippen molar-refractivity contribution >= 4 is 11.4 Å². The molecule has 1 aromatic rings. The van der Waals surface area contributed by atoms with Crippen LogP contribution in [0.5, 0.6) is 5.75 Å². The molecule has 4 heteroatoms. The molecule has 1 unspecified atom stereocenters. The summed E-state index contributed by atoms with van der Waals surface area (Å²) in [6, 6.07) is 5.77. The Morgan fingerprint density at radius 2 is 2.35 bits per heavy atom. The third-order valence-corrected chi connectivity index (χ3v) is 3.17. The van der Waals surface area contributed by atoms with Crippen LogP contribution in [0.1, 0.15) is 13.3 Å². The maximum atomic E-state index is 6.02. The molecule has 1 fully saturated rings. The van der Waals surface area contributed by atoms with Gasteiger partial charge in [0.1, 0.15) is 5.75 Å². The van der Waals surface area contributed by atoms with E-state index in [9.17, 15) is 0 Å². The molecule has 1 saturated heterocycles. The van der Waals surface area contributed by atoms with Gasteiger partial charge in [0.15, 0.2) is 0 Å². The molecular weight excluding hydrogens is 216 g/mol. The maximum absolute atomic E-state index is 6.02. The largest absolute Gasteiger partial charge is 0.497 e. The van der Waals surface area contributed by atoms with Crippen molar-refractivity contribution < 1.29 is 9.47 Å². The van der Waals surface area contributed by atoms with Gasteiger partial charge in [-0.2, -0.15) is 0 Å². The molecule has 1 atom stereocenters. The zero-order valence-corrected chi connectivity index (χ0v) is 10.5. The predicted molar refractivity (Wildman–Crippen MR) is 69.7 cm³/mol. The molecule has 1 aromatic carbocycles. The fraction of sp³-hybridized carbons (Fsp3) is 0.538. The predicted octanol–water partition coefficient (Wildman–Crippen LogP) is 1.89. The van der Waals surface area contributed by atoms with Crippen molar-refractivity contribution in [2.45, 2.75) is 19.4 Å². The fourth-order valence-corrected chi connectivity index (χ4v) is 2.11. The number of anilines is 2. The molecule has 0 spiro atoms. The van der Waals surface area contributed by atoms with Gasteiger partial charge in [-0.3, -0.25) is 0 Å². The summed E-state index contributed by atoms with van der Waals surface area (Å²) in [5, 5.41) is 0. The van der Waals surface area contributed by atoms with E-state index in [1.54, 1.807) is 7.11 Å². The number of hydrogen-bond acceptors (Lipinski definition) is 4. The standard InChI is InChI=1S/C13H20N2O2/c1-3-10-9-15(6-7-17-10)13-8-11(16-2)4-5-12(13)14/h4-5,8,10H,3,6-7,9,14H2,1-2H3. The number of methoxy groups -OCH3 is 1. The van der Waals surface area contributed by atoms with E-state index in [1.807, 2.05) is 18.2 Å². The van der Waals surface area contributed by atoms with Gasteiger partial charge in [0.2, 0.25) is 0 Å². The van der Waals surface area contributed by atoms with Crippen LogP contribution in [0.2, 0.25) is 0 Å². The average Bonchev–Trinajstić information content (AvgIpc) is 2.39. The molecule has 2 N–H and O–H groups in total. The first-order chi connectivity index (χ1) is 8.24. The minimum atomic E-state index is 0.300. The van der Waals surface area contributed by atoms with E-state index in [1.165, 1.54) is 0 Å². The van der Waals surface area contributed by atoms with Crippen molar-refractivity contribution in [1.29, 1.82) is 0 Å². The summed E-state index contributed by atoms with van der Waals surface area (Å²) in [6.45, 7) is 4.68. The Morgan fingerprint density at radius 1 is 1.53 bits per heavy atom. The van der Waals surface area contributed by atoms with Gasteiger partial charge in [0, 0.05) is 19.2 Å². The first kappa shape index (κ1) is 12.0. The molecule has 94 valence electrons. The van der Waals surface area contributed by atoms with Crippen molar-refractivity contribution in [1.82, 2.24) is 0 Å². The molecule has 1 aliphatic rings. The molecule has 0 bridgehead atoms. The van der Waals surface area contributed by atoms with E-state index in [0.717, 1.165) is 43.2 Å². The summed E-state index contributed by atoms with van der Waals surface area (Å²) >= 11 is 0. The van der Waals surface area contributed by atoms with Crippen LogP contribution in [0, 0.1) is 0 Å². The summed E-state index contributed by atoms with van der Waals surface area (Å²) in [7, 11) is 1.67. The second-order valence-corrected chi connectivity index (χ2v) is 4.27. The molecule has 17 heavy (non-hydrogen) atoms. The van der Waals surface area contributed by atoms with Crippen LogP contribution in [-0.2, 0) is 4.74 Å². The normalized spacial score (nSPS) is 20.4. The second kappa shape index (κ2) is 5.27. The lowest BCUT2D eigenvalue weighted by Crippen LogP contribution is -2.42. The van der Waals surface area contributed by atoms with E-state index in [2.05, 4.69) is 11.8 Å². The van der Waals surface area contributed by atoms with Gasteiger partial charge in [0.25, 0.3) is 0 Å². The molecule has 2 rings (SSSR count). The van der Waals surface area contributed by atoms with Crippen LogP contribution < -0.4 is 15.4 Å². The average molecular weight is 236 g/mol. The third kappa shape index (κ3) is 2.64. The number of nitrogens with zero attached hydrogens (tertiary/aromatic N) is 1. The molecule has 1 heterocycles. The van der Waals surface area contributed by atoms with E-state index in [4.69, 9.17) is 15.2 Å². The van der Waals surface area contributed by atoms with Crippen LogP contribution in [0.15, 0.2) is 18.2 Å². The van der Waals surface area contributed by atoms with Crippen molar-refractivity contribution in [3.8, 4) is 5.75 Å². The first-order valence-corrected chi connectivity index (χ1v) is 6.04. The number of benzene rings is 1. The number of hydrogen-bond donors (Lipinski definition) is 1. The van der Waals surface area contributed by atoms with Crippen LogP contribution in [-0.4, -0.2) is 32.9 Å². The Kier molecular flexibility index (Phi) is 3.74. The van der Waals surface area contributed by atoms with Gasteiger partial charge < -0.3 is 20.1 Å². The Labute approximate surface area is 102 Å². The highest BCUT2D eigenvalue weighted by molar-refractivity contribution is 5.69. The quantitative estimate of drug-likeness (QED) is 0.814. The van der Waals surface area contributed by atoms with Gasteiger partial charge in [0.05, 0.1) is 31.2 Å². The van der Waals surface area contributed by atoms with Gasteiger partial charge in [-0.25, -0.2) is 0 Å². The smallest absolute Gasteiger partial charge is 0.121 e. The summed E-state index contributed by atoms with van der Waals surface area (Å²) in [5.41, 5.74) is 7.87. The van der Waals surface area contributed by atoms with Crippen molar-refractivity contribution in [2.75, 3.05) is 37.4 Å². The number of nitrogen functional groups attached to an aromatic ring is 1. The maximum Gasteiger partial charge on any atom is 0.121 e. The lowest BCUT2D eigenvalue weighted by atomic mass is 10.1. The highest BCUT2D eigenvalue weighted by Gasteiger charge is 2.20. The third-order valence-electron chi connectivity index (χ3n) is 3.17. The van der Waals surface area contributed by atoms with E-state index >= 15 is 0 Å². The van der Waals surface area contributed by atoms with Crippen molar-refractivity contribution in [2.24, 2.45) is 0 Å². The van der Waals surface area contributed by atoms with Crippen LogP contribution in [0.4, 0.5) is 11.4 Å². The topological polar surface area (TPSA) is 47.7 Å². The zero-order chi connectivity index (χ0) is 12.3. The lowest BCUT2D eigenvalue weighted by molar-refractivity contribution is 0.0385. The van der Waals surface area contributed by atoms with E-state index in [0.29, 0.717) is 6.10 Å². The van der Waals surface area contributed by atoms with Gasteiger partial charge in [-0.1, -0.05) is 6.92 Å². The molecule has 0 aromatic heterocycles. The molecule has 0 amide bonds. The first-order valence-electron chi connectivity index (χ1n) is 6.04. The highest BCUT2D eigenvalue weighted by Crippen LogP contribution is 2.29. The summed E-state index contributed by atoms with van der Waals surface area (Å²) in [6.07, 6.45) is 1.33. The lowest BCUT2D eigenvalue weighted by Gasteiger charge is -2.34. The fourth-order valence-electron chi connectivity index (χ4n) is 2.11. The van der Waals surface area contributed by atoms with Gasteiger partial charge in [-0.15, -0.1) is 0 Å². The molecule has 0 aliphatic carbocycles. The number of morpholine rings is 1. The monoisotopic (exact) mass is 236 g/mol. The Hall–Kier alpha value is -1.42. The van der Waals surface area contributed by atoms with Crippen LogP contribution in [0.3, 0.4) is 0 Å². The Morgan fingerprint density at radius 3 is 3.06 bits per heavy atom. The zero-order valence-electron chi connectivity index (χ0n) is 10.5. The Balaban J connectivity index is 2.20. The summed E-state index contributed by atoms with van der Waals surface area (Å²) < 4.78 is 10.9. The molecule has 4 nitrogen and oxygen atoms in total. The number of nitrogens with two attached hydrogens (primary N) is 1. The van der Waals surface area contributed by atoms with Crippen molar-refractivity contribution in [3.05, 3.63) is 18.2 Å². The van der Waals surface area contributed by atoms with E-state index in [-0.39, 0.29) is 0 Å². The summed E-state index contributed by atoms with van der Waals surface area (Å²) in [5.74, 6) is 0.841. The van der Waals surface area contributed by atoms with Crippen LogP contribution in [0.25, 0.3) is 0 Å². The highest BCUT2D eigenvalue weighted by atomic mass is 16.5. The Bertz CT molecular complexity index is 382. The minimum Gasteiger partial charge on any atom is -0.497 e. The van der Waals surface area contributed by atoms with Crippen LogP contribution >= 0.6 is 0 Å². The minimum absolute atomic E-state index is 0.300. The van der Waals surface area contributed by atoms with Crippen molar-refractivity contribution in [3.63, 3.8) is 0 Å². The van der Waals surface area contributed by atoms with Gasteiger partial charge >= 0.3 is 0 Å². The number of ether oxygens (including phenoxy) is 2. The number of rotatable bonds is 3. The molecule has 1 aliphatic heterocycles.